The van der Waals surface area contributed by atoms with E-state index in [4.69, 9.17) is 4.74 Å². The zero-order valence-electron chi connectivity index (χ0n) is 18.5. The van der Waals surface area contributed by atoms with Crippen molar-refractivity contribution in [2.24, 2.45) is 0 Å². The maximum Gasteiger partial charge on any atom is 0.254 e. The van der Waals surface area contributed by atoms with Crippen LogP contribution in [0.4, 0.5) is 5.69 Å². The van der Waals surface area contributed by atoms with Gasteiger partial charge in [0.15, 0.2) is 0 Å². The standard InChI is InChI=1S/C28H30N2O2/c31-28-24-15-9-16-26(29-18-7-2-8-19-29)25(24)21-30(28)20-10-12-22-11-5-6-17-27(22)32-23-13-3-1-4-14-23/h1,3-6,9,11,13-17H,2,7-8,10,12,18-21H2. The van der Waals surface area contributed by atoms with Crippen molar-refractivity contribution in [1.82, 2.24) is 4.90 Å². The summed E-state index contributed by atoms with van der Waals surface area (Å²) >= 11 is 0. The molecule has 164 valence electrons. The quantitative estimate of drug-likeness (QED) is 0.460. The Morgan fingerprint density at radius 1 is 0.812 bits per heavy atom. The van der Waals surface area contributed by atoms with Crippen LogP contribution in [0.2, 0.25) is 0 Å². The number of aryl methyl sites for hydroxylation is 1. The molecule has 3 aromatic rings. The molecule has 2 heterocycles. The van der Waals surface area contributed by atoms with Crippen LogP contribution in [0, 0.1) is 0 Å². The van der Waals surface area contributed by atoms with Crippen LogP contribution in [0.1, 0.15) is 47.2 Å². The van der Waals surface area contributed by atoms with Crippen molar-refractivity contribution in [2.75, 3.05) is 24.5 Å². The molecule has 0 unspecified atom stereocenters. The molecule has 1 fully saturated rings. The fourth-order valence-corrected chi connectivity index (χ4v) is 4.87. The van der Waals surface area contributed by atoms with Crippen LogP contribution < -0.4 is 9.64 Å². The van der Waals surface area contributed by atoms with Crippen LogP contribution in [0.15, 0.2) is 72.8 Å². The van der Waals surface area contributed by atoms with E-state index in [0.29, 0.717) is 0 Å². The van der Waals surface area contributed by atoms with Gasteiger partial charge in [-0.15, -0.1) is 0 Å². The van der Waals surface area contributed by atoms with Gasteiger partial charge in [0.2, 0.25) is 0 Å². The Morgan fingerprint density at radius 3 is 2.44 bits per heavy atom. The first-order valence-corrected chi connectivity index (χ1v) is 11.8. The molecule has 2 aliphatic rings. The molecule has 1 amide bonds. The molecule has 0 aliphatic carbocycles. The average molecular weight is 427 g/mol. The van der Waals surface area contributed by atoms with Gasteiger partial charge < -0.3 is 14.5 Å². The number of carbonyl (C=O) groups is 1. The molecule has 0 saturated carbocycles. The molecule has 3 aromatic carbocycles. The Morgan fingerprint density at radius 2 is 1.59 bits per heavy atom. The van der Waals surface area contributed by atoms with Crippen LogP contribution in [0.25, 0.3) is 0 Å². The van der Waals surface area contributed by atoms with E-state index in [2.05, 4.69) is 23.1 Å². The normalized spacial score (nSPS) is 15.7. The van der Waals surface area contributed by atoms with Crippen molar-refractivity contribution in [2.45, 2.75) is 38.6 Å². The smallest absolute Gasteiger partial charge is 0.254 e. The van der Waals surface area contributed by atoms with Crippen molar-refractivity contribution in [3.8, 4) is 11.5 Å². The lowest BCUT2D eigenvalue weighted by atomic mass is 10.0. The lowest BCUT2D eigenvalue weighted by molar-refractivity contribution is 0.0777. The van der Waals surface area contributed by atoms with Crippen molar-refractivity contribution < 1.29 is 9.53 Å². The van der Waals surface area contributed by atoms with Crippen LogP contribution in [0.3, 0.4) is 0 Å². The van der Waals surface area contributed by atoms with Gasteiger partial charge in [-0.1, -0.05) is 42.5 Å². The highest BCUT2D eigenvalue weighted by Gasteiger charge is 2.30. The van der Waals surface area contributed by atoms with Gasteiger partial charge in [0.1, 0.15) is 11.5 Å². The number of hydrogen-bond donors (Lipinski definition) is 0. The van der Waals surface area contributed by atoms with E-state index >= 15 is 0 Å². The summed E-state index contributed by atoms with van der Waals surface area (Å²) in [6.07, 6.45) is 5.58. The highest BCUT2D eigenvalue weighted by molar-refractivity contribution is 6.00. The fraction of sp³-hybridized carbons (Fsp3) is 0.321. The number of amides is 1. The minimum absolute atomic E-state index is 0.174. The number of piperidine rings is 1. The van der Waals surface area contributed by atoms with Crippen molar-refractivity contribution in [1.29, 1.82) is 0 Å². The first-order valence-electron chi connectivity index (χ1n) is 11.8. The van der Waals surface area contributed by atoms with Crippen molar-refractivity contribution in [3.05, 3.63) is 89.5 Å². The third-order valence-electron chi connectivity index (χ3n) is 6.53. The summed E-state index contributed by atoms with van der Waals surface area (Å²) in [6, 6.07) is 24.3. The molecular formula is C28H30N2O2. The maximum atomic E-state index is 13.1. The number of hydrogen-bond acceptors (Lipinski definition) is 3. The van der Waals surface area contributed by atoms with E-state index in [1.165, 1.54) is 36.1 Å². The molecule has 1 saturated heterocycles. The predicted molar refractivity (Wildman–Crippen MR) is 129 cm³/mol. The molecule has 0 spiro atoms. The van der Waals surface area contributed by atoms with E-state index in [0.717, 1.165) is 56.1 Å². The zero-order chi connectivity index (χ0) is 21.8. The van der Waals surface area contributed by atoms with Crippen molar-refractivity contribution in [3.63, 3.8) is 0 Å². The number of nitrogens with zero attached hydrogens (tertiary/aromatic N) is 2. The largest absolute Gasteiger partial charge is 0.457 e. The number of anilines is 1. The van der Waals surface area contributed by atoms with Gasteiger partial charge >= 0.3 is 0 Å². The number of para-hydroxylation sites is 2. The lowest BCUT2D eigenvalue weighted by Crippen LogP contribution is -2.30. The summed E-state index contributed by atoms with van der Waals surface area (Å²) in [5.41, 5.74) is 4.54. The SMILES string of the molecule is O=C1c2cccc(N3CCCCC3)c2CN1CCCc1ccccc1Oc1ccccc1. The van der Waals surface area contributed by atoms with E-state index in [1.54, 1.807) is 0 Å². The minimum atomic E-state index is 0.174. The predicted octanol–water partition coefficient (Wildman–Crippen LogP) is 6.06. The van der Waals surface area contributed by atoms with E-state index < -0.39 is 0 Å². The average Bonchev–Trinajstić information content (AvgIpc) is 3.17. The van der Waals surface area contributed by atoms with Gasteiger partial charge in [0, 0.05) is 43.0 Å². The Hall–Kier alpha value is -3.27. The summed E-state index contributed by atoms with van der Waals surface area (Å²) in [5.74, 6) is 1.91. The topological polar surface area (TPSA) is 32.8 Å². The first kappa shape index (κ1) is 20.6. The molecule has 0 atom stereocenters. The summed E-state index contributed by atoms with van der Waals surface area (Å²) in [5, 5.41) is 0. The highest BCUT2D eigenvalue weighted by Crippen LogP contribution is 2.33. The van der Waals surface area contributed by atoms with Gasteiger partial charge in [0.25, 0.3) is 5.91 Å². The molecule has 0 radical (unpaired) electrons. The number of carbonyl (C=O) groups excluding carboxylic acids is 1. The van der Waals surface area contributed by atoms with E-state index in [9.17, 15) is 4.79 Å². The number of ether oxygens (including phenoxy) is 1. The molecule has 0 aromatic heterocycles. The van der Waals surface area contributed by atoms with Gasteiger partial charge in [-0.3, -0.25) is 4.79 Å². The van der Waals surface area contributed by atoms with Crippen LogP contribution in [0.5, 0.6) is 11.5 Å². The summed E-state index contributed by atoms with van der Waals surface area (Å²) in [4.78, 5) is 17.5. The second-order valence-corrected chi connectivity index (χ2v) is 8.70. The van der Waals surface area contributed by atoms with Gasteiger partial charge in [-0.2, -0.15) is 0 Å². The molecule has 2 aliphatic heterocycles. The second kappa shape index (κ2) is 9.47. The third kappa shape index (κ3) is 4.36. The Bertz CT molecular complexity index is 1070. The van der Waals surface area contributed by atoms with Gasteiger partial charge in [-0.05, 0) is 68.0 Å². The number of fused-ring (bicyclic) bond motifs is 1. The van der Waals surface area contributed by atoms with Crippen molar-refractivity contribution >= 4 is 11.6 Å². The van der Waals surface area contributed by atoms with Gasteiger partial charge in [-0.25, -0.2) is 0 Å². The summed E-state index contributed by atoms with van der Waals surface area (Å²) in [6.45, 7) is 3.68. The summed E-state index contributed by atoms with van der Waals surface area (Å²) in [7, 11) is 0. The molecule has 4 nitrogen and oxygen atoms in total. The molecule has 5 rings (SSSR count). The van der Waals surface area contributed by atoms with Crippen LogP contribution in [-0.2, 0) is 13.0 Å². The monoisotopic (exact) mass is 426 g/mol. The Labute approximate surface area is 190 Å². The number of rotatable bonds is 7. The molecule has 32 heavy (non-hydrogen) atoms. The first-order chi connectivity index (χ1) is 15.8. The zero-order valence-corrected chi connectivity index (χ0v) is 18.5. The Kier molecular flexibility index (Phi) is 6.11. The van der Waals surface area contributed by atoms with Crippen LogP contribution in [-0.4, -0.2) is 30.4 Å². The highest BCUT2D eigenvalue weighted by atomic mass is 16.5. The maximum absolute atomic E-state index is 13.1. The van der Waals surface area contributed by atoms with Gasteiger partial charge in [0.05, 0.1) is 0 Å². The molecule has 0 N–H and O–H groups in total. The minimum Gasteiger partial charge on any atom is -0.457 e. The van der Waals surface area contributed by atoms with Crippen LogP contribution >= 0.6 is 0 Å². The molecule has 4 heteroatoms. The van der Waals surface area contributed by atoms with E-state index in [1.807, 2.05) is 59.5 Å². The number of benzene rings is 3. The second-order valence-electron chi connectivity index (χ2n) is 8.70. The lowest BCUT2D eigenvalue weighted by Gasteiger charge is -2.30. The third-order valence-corrected chi connectivity index (χ3v) is 6.53. The fourth-order valence-electron chi connectivity index (χ4n) is 4.87. The Balaban J connectivity index is 1.23. The molecule has 0 bridgehead atoms. The molecular weight excluding hydrogens is 396 g/mol. The van der Waals surface area contributed by atoms with E-state index in [-0.39, 0.29) is 5.91 Å². The summed E-state index contributed by atoms with van der Waals surface area (Å²) < 4.78 is 6.10.